The van der Waals surface area contributed by atoms with Gasteiger partial charge in [-0.1, -0.05) is 11.6 Å². The Morgan fingerprint density at radius 3 is 2.93 bits per heavy atom. The number of halogens is 1. The molecule has 0 saturated heterocycles. The maximum absolute atomic E-state index is 10.6. The Morgan fingerprint density at radius 1 is 1.79 bits per heavy atom. The minimum Gasteiger partial charge on any atom is -0.481 e. The Labute approximate surface area is 86.7 Å². The fourth-order valence-corrected chi connectivity index (χ4v) is 1.58. The summed E-state index contributed by atoms with van der Waals surface area (Å²) in [6, 6.07) is 1.63. The predicted octanol–water partition coefficient (Wildman–Crippen LogP) is 1.38. The van der Waals surface area contributed by atoms with E-state index >= 15 is 0 Å². The SMILES string of the molecule is C[C@@](N)(CC(=O)O)c1ccncc1Cl. The Balaban J connectivity index is 3.03. The van der Waals surface area contributed by atoms with Crippen molar-refractivity contribution in [2.24, 2.45) is 5.73 Å². The fraction of sp³-hybridized carbons (Fsp3) is 0.333. The van der Waals surface area contributed by atoms with E-state index in [4.69, 9.17) is 22.4 Å². The number of carbonyl (C=O) groups is 1. The molecule has 0 saturated carbocycles. The van der Waals surface area contributed by atoms with Crippen molar-refractivity contribution in [1.29, 1.82) is 0 Å². The summed E-state index contributed by atoms with van der Waals surface area (Å²) in [5, 5.41) is 9.05. The third-order valence-corrected chi connectivity index (χ3v) is 2.21. The average Bonchev–Trinajstić information content (AvgIpc) is 2.02. The normalized spacial score (nSPS) is 14.8. The van der Waals surface area contributed by atoms with Crippen LogP contribution in [0, 0.1) is 0 Å². The van der Waals surface area contributed by atoms with Gasteiger partial charge in [-0.2, -0.15) is 0 Å². The van der Waals surface area contributed by atoms with Crippen LogP contribution in [0.15, 0.2) is 18.5 Å². The number of nitrogens with zero attached hydrogens (tertiary/aromatic N) is 1. The smallest absolute Gasteiger partial charge is 0.305 e. The van der Waals surface area contributed by atoms with Gasteiger partial charge in [0.15, 0.2) is 0 Å². The zero-order valence-corrected chi connectivity index (χ0v) is 8.45. The molecule has 3 N–H and O–H groups in total. The molecule has 0 spiro atoms. The summed E-state index contributed by atoms with van der Waals surface area (Å²) < 4.78 is 0. The monoisotopic (exact) mass is 214 g/mol. The number of carboxylic acid groups (broad SMARTS) is 1. The molecule has 0 bridgehead atoms. The van der Waals surface area contributed by atoms with E-state index < -0.39 is 11.5 Å². The van der Waals surface area contributed by atoms with E-state index in [2.05, 4.69) is 4.98 Å². The summed E-state index contributed by atoms with van der Waals surface area (Å²) in [4.78, 5) is 14.4. The second-order valence-corrected chi connectivity index (χ2v) is 3.75. The van der Waals surface area contributed by atoms with Crippen molar-refractivity contribution < 1.29 is 9.90 Å². The number of aliphatic carboxylic acids is 1. The molecule has 0 aliphatic rings. The molecule has 0 unspecified atom stereocenters. The van der Waals surface area contributed by atoms with Crippen molar-refractivity contribution in [1.82, 2.24) is 4.98 Å². The van der Waals surface area contributed by atoms with Crippen molar-refractivity contribution in [3.05, 3.63) is 29.0 Å². The number of hydrogen-bond donors (Lipinski definition) is 2. The zero-order valence-electron chi connectivity index (χ0n) is 7.70. The summed E-state index contributed by atoms with van der Waals surface area (Å²) >= 11 is 5.86. The lowest BCUT2D eigenvalue weighted by atomic mass is 9.90. The van der Waals surface area contributed by atoms with Crippen molar-refractivity contribution >= 4 is 17.6 Å². The van der Waals surface area contributed by atoms with Gasteiger partial charge in [0, 0.05) is 12.4 Å². The van der Waals surface area contributed by atoms with E-state index in [-0.39, 0.29) is 6.42 Å². The number of carboxylic acids is 1. The van der Waals surface area contributed by atoms with Crippen LogP contribution in [0.2, 0.25) is 5.02 Å². The van der Waals surface area contributed by atoms with Gasteiger partial charge >= 0.3 is 5.97 Å². The molecular weight excluding hydrogens is 204 g/mol. The van der Waals surface area contributed by atoms with Crippen LogP contribution in [-0.2, 0) is 10.3 Å². The number of nitrogens with two attached hydrogens (primary N) is 1. The molecule has 4 nitrogen and oxygen atoms in total. The third-order valence-electron chi connectivity index (χ3n) is 1.91. The van der Waals surface area contributed by atoms with Crippen LogP contribution in [-0.4, -0.2) is 16.1 Å². The number of aromatic nitrogens is 1. The maximum atomic E-state index is 10.6. The number of rotatable bonds is 3. The van der Waals surface area contributed by atoms with E-state index in [0.29, 0.717) is 10.6 Å². The van der Waals surface area contributed by atoms with E-state index in [1.807, 2.05) is 0 Å². The lowest BCUT2D eigenvalue weighted by Gasteiger charge is -2.23. The standard InChI is InChI=1S/C9H11ClN2O2/c1-9(11,4-8(13)14)6-2-3-12-5-7(6)10/h2-3,5H,4,11H2,1H3,(H,13,14)/t9-/m1/s1. The first-order valence-electron chi connectivity index (χ1n) is 4.04. The highest BCUT2D eigenvalue weighted by atomic mass is 35.5. The number of pyridine rings is 1. The maximum Gasteiger partial charge on any atom is 0.305 e. The van der Waals surface area contributed by atoms with E-state index in [1.54, 1.807) is 13.0 Å². The Hall–Kier alpha value is -1.13. The Bertz CT molecular complexity index is 352. The van der Waals surface area contributed by atoms with Crippen LogP contribution in [0.25, 0.3) is 0 Å². The summed E-state index contributed by atoms with van der Waals surface area (Å²) in [5.41, 5.74) is 5.47. The second-order valence-electron chi connectivity index (χ2n) is 3.34. The molecule has 14 heavy (non-hydrogen) atoms. The largest absolute Gasteiger partial charge is 0.481 e. The average molecular weight is 215 g/mol. The fourth-order valence-electron chi connectivity index (χ4n) is 1.25. The highest BCUT2D eigenvalue weighted by Gasteiger charge is 2.26. The zero-order chi connectivity index (χ0) is 10.8. The molecular formula is C9H11ClN2O2. The lowest BCUT2D eigenvalue weighted by Crippen LogP contribution is -2.35. The molecule has 0 aromatic carbocycles. The van der Waals surface area contributed by atoms with E-state index in [9.17, 15) is 4.79 Å². The van der Waals surface area contributed by atoms with Crippen LogP contribution in [0.1, 0.15) is 18.9 Å². The molecule has 0 radical (unpaired) electrons. The first-order valence-corrected chi connectivity index (χ1v) is 4.42. The van der Waals surface area contributed by atoms with Gasteiger partial charge in [-0.15, -0.1) is 0 Å². The van der Waals surface area contributed by atoms with E-state index in [0.717, 1.165) is 0 Å². The molecule has 5 heteroatoms. The number of hydrogen-bond acceptors (Lipinski definition) is 3. The lowest BCUT2D eigenvalue weighted by molar-refractivity contribution is -0.138. The van der Waals surface area contributed by atoms with Gasteiger partial charge in [0.05, 0.1) is 17.0 Å². The van der Waals surface area contributed by atoms with Gasteiger partial charge < -0.3 is 10.8 Å². The topological polar surface area (TPSA) is 76.2 Å². The van der Waals surface area contributed by atoms with Crippen molar-refractivity contribution in [2.75, 3.05) is 0 Å². The first-order chi connectivity index (χ1) is 6.43. The van der Waals surface area contributed by atoms with Gasteiger partial charge in [0.1, 0.15) is 0 Å². The molecule has 1 rings (SSSR count). The van der Waals surface area contributed by atoms with Crippen LogP contribution >= 0.6 is 11.6 Å². The van der Waals surface area contributed by atoms with Crippen LogP contribution in [0.5, 0.6) is 0 Å². The third kappa shape index (κ3) is 2.43. The quantitative estimate of drug-likeness (QED) is 0.797. The van der Waals surface area contributed by atoms with Gasteiger partial charge in [0.2, 0.25) is 0 Å². The summed E-state index contributed by atoms with van der Waals surface area (Å²) in [7, 11) is 0. The molecule has 1 aromatic rings. The predicted molar refractivity (Wildman–Crippen MR) is 53.0 cm³/mol. The van der Waals surface area contributed by atoms with Crippen LogP contribution < -0.4 is 5.73 Å². The van der Waals surface area contributed by atoms with Gasteiger partial charge in [-0.05, 0) is 18.6 Å². The second kappa shape index (κ2) is 3.94. The molecule has 0 aliphatic heterocycles. The minimum absolute atomic E-state index is 0.170. The molecule has 1 aromatic heterocycles. The van der Waals surface area contributed by atoms with Gasteiger partial charge in [0.25, 0.3) is 0 Å². The summed E-state index contributed by atoms with van der Waals surface area (Å²) in [5.74, 6) is -0.956. The van der Waals surface area contributed by atoms with Crippen molar-refractivity contribution in [2.45, 2.75) is 18.9 Å². The molecule has 76 valence electrons. The van der Waals surface area contributed by atoms with Crippen LogP contribution in [0.3, 0.4) is 0 Å². The Kier molecular flexibility index (Phi) is 3.08. The highest BCUT2D eigenvalue weighted by molar-refractivity contribution is 6.31. The van der Waals surface area contributed by atoms with Gasteiger partial charge in [-0.25, -0.2) is 0 Å². The van der Waals surface area contributed by atoms with Gasteiger partial charge in [-0.3, -0.25) is 9.78 Å². The summed E-state index contributed by atoms with van der Waals surface area (Å²) in [6.45, 7) is 1.63. The molecule has 1 atom stereocenters. The van der Waals surface area contributed by atoms with Crippen molar-refractivity contribution in [3.63, 3.8) is 0 Å². The minimum atomic E-state index is -0.966. The van der Waals surface area contributed by atoms with Crippen LogP contribution in [0.4, 0.5) is 0 Å². The summed E-state index contributed by atoms with van der Waals surface area (Å²) in [6.07, 6.45) is 2.81. The highest BCUT2D eigenvalue weighted by Crippen LogP contribution is 2.27. The van der Waals surface area contributed by atoms with E-state index in [1.165, 1.54) is 12.4 Å². The molecule has 0 aliphatic carbocycles. The first kappa shape index (κ1) is 10.9. The molecule has 0 amide bonds. The Morgan fingerprint density at radius 2 is 2.43 bits per heavy atom. The van der Waals surface area contributed by atoms with Crippen molar-refractivity contribution in [3.8, 4) is 0 Å². The molecule has 1 heterocycles. The molecule has 0 fully saturated rings.